The van der Waals surface area contributed by atoms with Gasteiger partial charge in [-0.15, -0.1) is 0 Å². The zero-order valence-corrected chi connectivity index (χ0v) is 20.3. The fourth-order valence-corrected chi connectivity index (χ4v) is 4.14. The van der Waals surface area contributed by atoms with Crippen LogP contribution >= 0.6 is 0 Å². The third-order valence-electron chi connectivity index (χ3n) is 6.06. The lowest BCUT2D eigenvalue weighted by Gasteiger charge is -2.33. The van der Waals surface area contributed by atoms with Gasteiger partial charge in [0.2, 0.25) is 0 Å². The molecule has 4 rings (SSSR count). The van der Waals surface area contributed by atoms with Crippen LogP contribution < -0.4 is 14.7 Å². The molecule has 0 aliphatic heterocycles. The summed E-state index contributed by atoms with van der Waals surface area (Å²) in [5.74, 6) is -0.0317. The number of benzene rings is 4. The van der Waals surface area contributed by atoms with Crippen molar-refractivity contribution in [2.45, 2.75) is 6.04 Å². The van der Waals surface area contributed by atoms with E-state index in [0.29, 0.717) is 5.56 Å². The molecule has 4 aromatic carbocycles. The minimum atomic E-state index is -0.280. The van der Waals surface area contributed by atoms with E-state index in [0.717, 1.165) is 22.5 Å². The molecule has 0 aliphatic rings. The topological polar surface area (TPSA) is 28.0 Å². The van der Waals surface area contributed by atoms with Gasteiger partial charge in [-0.05, 0) is 59.7 Å². The van der Waals surface area contributed by atoms with Gasteiger partial charge in [-0.2, -0.15) is 0 Å². The van der Waals surface area contributed by atoms with Crippen molar-refractivity contribution in [2.24, 2.45) is 0 Å². The first-order valence-corrected chi connectivity index (χ1v) is 11.6. The van der Waals surface area contributed by atoms with Crippen LogP contribution in [0, 0.1) is 0 Å². The highest BCUT2D eigenvalue weighted by Gasteiger charge is 2.29. The first-order valence-electron chi connectivity index (χ1n) is 11.6. The van der Waals surface area contributed by atoms with Crippen LogP contribution in [0.5, 0.6) is 0 Å². The van der Waals surface area contributed by atoms with Crippen molar-refractivity contribution in [1.82, 2.24) is 0 Å². The molecular weight excluding hydrogens is 418 g/mol. The lowest BCUT2D eigenvalue weighted by molar-refractivity contribution is -0.786. The highest BCUT2D eigenvalue weighted by atomic mass is 16.2. The number of para-hydroxylation sites is 1. The molecule has 1 unspecified atom stereocenters. The summed E-state index contributed by atoms with van der Waals surface area (Å²) in [5, 5.41) is 0. The van der Waals surface area contributed by atoms with E-state index in [2.05, 4.69) is 67.5 Å². The Balaban J connectivity index is 1.89. The molecule has 0 heterocycles. The maximum absolute atomic E-state index is 14.0. The summed E-state index contributed by atoms with van der Waals surface area (Å²) in [6, 6.07) is 36.2. The van der Waals surface area contributed by atoms with Gasteiger partial charge in [0.05, 0.1) is 20.1 Å². The summed E-state index contributed by atoms with van der Waals surface area (Å²) in [5.41, 5.74) is 5.97. The minimum absolute atomic E-state index is 0.0317. The number of hydrogen-bond acceptors (Lipinski definition) is 2. The highest BCUT2D eigenvalue weighted by Crippen LogP contribution is 2.35. The smallest absolute Gasteiger partial charge is 0.259 e. The van der Waals surface area contributed by atoms with Gasteiger partial charge in [0, 0.05) is 31.0 Å². The zero-order valence-electron chi connectivity index (χ0n) is 20.3. The predicted octanol–water partition coefficient (Wildman–Crippen LogP) is 4.97. The number of anilines is 2. The van der Waals surface area contributed by atoms with Crippen molar-refractivity contribution in [3.8, 4) is 0 Å². The van der Waals surface area contributed by atoms with E-state index in [-0.39, 0.29) is 11.9 Å². The molecule has 0 radical (unpaired) electrons. The van der Waals surface area contributed by atoms with E-state index in [1.54, 1.807) is 0 Å². The number of carbonyl (C=O) groups is 1. The van der Waals surface area contributed by atoms with Gasteiger partial charge in [-0.3, -0.25) is 9.69 Å². The minimum Gasteiger partial charge on any atom is -0.378 e. The lowest BCUT2D eigenvalue weighted by atomic mass is 9.94. The van der Waals surface area contributed by atoms with Crippen molar-refractivity contribution in [3.05, 3.63) is 126 Å². The molecule has 34 heavy (non-hydrogen) atoms. The van der Waals surface area contributed by atoms with Gasteiger partial charge in [-0.1, -0.05) is 60.7 Å². The number of amides is 1. The maximum Gasteiger partial charge on any atom is 0.259 e. The molecular formula is C30H32N3O+. The van der Waals surface area contributed by atoms with Gasteiger partial charge < -0.3 is 9.80 Å². The van der Waals surface area contributed by atoms with E-state index in [4.69, 9.17) is 0 Å². The first-order chi connectivity index (χ1) is 16.5. The molecule has 4 aromatic rings. The van der Waals surface area contributed by atoms with E-state index >= 15 is 0 Å². The van der Waals surface area contributed by atoms with Crippen LogP contribution in [0.2, 0.25) is 0 Å². The largest absolute Gasteiger partial charge is 0.378 e. The molecule has 172 valence electrons. The van der Waals surface area contributed by atoms with Crippen LogP contribution in [0.25, 0.3) is 0 Å². The molecule has 0 spiro atoms. The van der Waals surface area contributed by atoms with Crippen molar-refractivity contribution in [1.29, 1.82) is 0 Å². The average molecular weight is 451 g/mol. The van der Waals surface area contributed by atoms with Gasteiger partial charge in [0.1, 0.15) is 5.69 Å². The monoisotopic (exact) mass is 450 g/mol. The molecule has 0 saturated heterocycles. The third kappa shape index (κ3) is 5.03. The summed E-state index contributed by atoms with van der Waals surface area (Å²) in [4.78, 5) is 19.3. The van der Waals surface area contributed by atoms with Crippen LogP contribution in [-0.2, 0) is 0 Å². The standard InChI is InChI=1S/C30H31N3O/c1-31(2)26-19-15-23(16-20-26)29(24-17-21-27(22-18-24)32(3)4)33(28-13-9-6-10-14-28)30(34)25-11-7-5-8-12-25/h5-22,29H,1-4H3/p+1. The number of nitrogens with one attached hydrogen (secondary N) is 1. The van der Waals surface area contributed by atoms with Gasteiger partial charge in [-0.25, -0.2) is 0 Å². The van der Waals surface area contributed by atoms with E-state index < -0.39 is 0 Å². The van der Waals surface area contributed by atoms with Crippen molar-refractivity contribution in [2.75, 3.05) is 38.0 Å². The molecule has 1 amide bonds. The quantitative estimate of drug-likeness (QED) is 0.431. The van der Waals surface area contributed by atoms with E-state index in [9.17, 15) is 4.79 Å². The molecule has 1 atom stereocenters. The molecule has 0 fully saturated rings. The van der Waals surface area contributed by atoms with Crippen molar-refractivity contribution >= 4 is 23.0 Å². The Labute approximate surface area is 202 Å². The molecule has 1 N–H and O–H groups in total. The Morgan fingerprint density at radius 3 is 1.65 bits per heavy atom. The fourth-order valence-electron chi connectivity index (χ4n) is 4.14. The first kappa shape index (κ1) is 23.3. The summed E-state index contributed by atoms with van der Waals surface area (Å²) in [6.45, 7) is 0. The van der Waals surface area contributed by atoms with E-state index in [1.807, 2.05) is 79.7 Å². The second kappa shape index (κ2) is 10.4. The fraction of sp³-hybridized carbons (Fsp3) is 0.167. The molecule has 0 saturated carbocycles. The van der Waals surface area contributed by atoms with Gasteiger partial charge in [0.25, 0.3) is 5.91 Å². The molecule has 4 nitrogen and oxygen atoms in total. The summed E-state index contributed by atoms with van der Waals surface area (Å²) >= 11 is 0. The van der Waals surface area contributed by atoms with Crippen molar-refractivity contribution < 1.29 is 9.69 Å². The predicted molar refractivity (Wildman–Crippen MR) is 141 cm³/mol. The maximum atomic E-state index is 14.0. The second-order valence-corrected chi connectivity index (χ2v) is 8.89. The number of carbonyl (C=O) groups excluding carboxylic acids is 1. The number of rotatable bonds is 7. The van der Waals surface area contributed by atoms with Gasteiger partial charge in [0.15, 0.2) is 0 Å². The SMILES string of the molecule is CN(C)c1ccc(C(c2ccc([NH+](C)C)cc2)N(C(=O)c2ccccc2)c2ccccc2)cc1. The molecule has 0 aliphatic carbocycles. The molecule has 0 bridgehead atoms. The average Bonchev–Trinajstić information content (AvgIpc) is 2.88. The number of nitrogens with zero attached hydrogens (tertiary/aromatic N) is 2. The Morgan fingerprint density at radius 2 is 1.15 bits per heavy atom. The summed E-state index contributed by atoms with van der Waals surface area (Å²) in [6.07, 6.45) is 0. The summed E-state index contributed by atoms with van der Waals surface area (Å²) < 4.78 is 0. The lowest BCUT2D eigenvalue weighted by Crippen LogP contribution is -3.00. The second-order valence-electron chi connectivity index (χ2n) is 8.89. The van der Waals surface area contributed by atoms with E-state index in [1.165, 1.54) is 10.6 Å². The van der Waals surface area contributed by atoms with Crippen LogP contribution in [0.4, 0.5) is 17.1 Å². The highest BCUT2D eigenvalue weighted by molar-refractivity contribution is 6.07. The molecule has 0 aromatic heterocycles. The van der Waals surface area contributed by atoms with Crippen LogP contribution in [0.3, 0.4) is 0 Å². The summed E-state index contributed by atoms with van der Waals surface area (Å²) in [7, 11) is 8.29. The van der Waals surface area contributed by atoms with Crippen LogP contribution in [0.1, 0.15) is 27.5 Å². The van der Waals surface area contributed by atoms with Gasteiger partial charge >= 0.3 is 0 Å². The molecule has 4 heteroatoms. The Kier molecular flexibility index (Phi) is 7.09. The van der Waals surface area contributed by atoms with Crippen LogP contribution in [-0.4, -0.2) is 34.1 Å². The Bertz CT molecular complexity index is 1150. The van der Waals surface area contributed by atoms with Crippen LogP contribution in [0.15, 0.2) is 109 Å². The number of quaternary nitrogens is 1. The van der Waals surface area contributed by atoms with Crippen molar-refractivity contribution in [3.63, 3.8) is 0 Å². The third-order valence-corrected chi connectivity index (χ3v) is 6.06. The zero-order chi connectivity index (χ0) is 24.1. The normalized spacial score (nSPS) is 11.8. The Hall–Kier alpha value is -3.89. The number of hydrogen-bond donors (Lipinski definition) is 1. The Morgan fingerprint density at radius 1 is 0.647 bits per heavy atom.